The van der Waals surface area contributed by atoms with Crippen LogP contribution in [0, 0.1) is 11.8 Å². The molecule has 0 heterocycles. The van der Waals surface area contributed by atoms with Gasteiger partial charge in [0.05, 0.1) is 0 Å². The molecule has 0 aromatic heterocycles. The molecule has 0 fully saturated rings. The molecular formula is C8H16N2O3S. The van der Waals surface area contributed by atoms with Crippen molar-refractivity contribution < 1.29 is 14.6 Å². The minimum atomic E-state index is -1.44. The highest BCUT2D eigenvalue weighted by Crippen LogP contribution is 2.16. The number of carbonyl (C=O) groups excluding carboxylic acids is 1. The summed E-state index contributed by atoms with van der Waals surface area (Å²) < 4.78 is 11.2. The van der Waals surface area contributed by atoms with Crippen molar-refractivity contribution in [2.75, 3.05) is 13.3 Å². The zero-order valence-corrected chi connectivity index (χ0v) is 9.59. The molecule has 0 bridgehead atoms. The highest BCUT2D eigenvalue weighted by molar-refractivity contribution is 8.05. The molecule has 0 aromatic rings. The fourth-order valence-corrected chi connectivity index (χ4v) is 2.01. The van der Waals surface area contributed by atoms with Crippen molar-refractivity contribution in [3.05, 3.63) is 0 Å². The maximum absolute atomic E-state index is 11.4. The molecule has 0 aromatic carbocycles. The Labute approximate surface area is 86.7 Å². The molecular weight excluding hydrogens is 204 g/mol. The summed E-state index contributed by atoms with van der Waals surface area (Å²) in [6.07, 6.45) is 1.38. The van der Waals surface area contributed by atoms with E-state index in [9.17, 15) is 9.35 Å². The number of nitrogens with one attached hydrogen (secondary N) is 1. The third-order valence-electron chi connectivity index (χ3n) is 1.85. The topological polar surface area (TPSA) is 84.8 Å². The van der Waals surface area contributed by atoms with E-state index in [4.69, 9.17) is 5.21 Å². The largest absolute Gasteiger partial charge is 0.611 e. The number of oxime groups is 1. The molecule has 0 rings (SSSR count). The van der Waals surface area contributed by atoms with Gasteiger partial charge in [-0.25, -0.2) is 0 Å². The first-order chi connectivity index (χ1) is 6.45. The molecule has 82 valence electrons. The van der Waals surface area contributed by atoms with Crippen LogP contribution in [0.5, 0.6) is 0 Å². The molecule has 2 atom stereocenters. The van der Waals surface area contributed by atoms with Gasteiger partial charge in [0.15, 0.2) is 0 Å². The van der Waals surface area contributed by atoms with E-state index in [1.165, 1.54) is 13.3 Å². The lowest BCUT2D eigenvalue weighted by molar-refractivity contribution is -0.123. The molecule has 0 aliphatic rings. The third kappa shape index (κ3) is 3.19. The van der Waals surface area contributed by atoms with E-state index in [0.717, 1.165) is 0 Å². The van der Waals surface area contributed by atoms with Crippen LogP contribution in [0.15, 0.2) is 5.16 Å². The van der Waals surface area contributed by atoms with E-state index in [-0.39, 0.29) is 16.9 Å². The van der Waals surface area contributed by atoms with Gasteiger partial charge in [-0.2, -0.15) is 0 Å². The molecule has 6 heteroatoms. The van der Waals surface area contributed by atoms with Crippen LogP contribution in [-0.2, 0) is 16.0 Å². The first kappa shape index (κ1) is 13.2. The van der Waals surface area contributed by atoms with E-state index < -0.39 is 17.1 Å². The average molecular weight is 220 g/mol. The van der Waals surface area contributed by atoms with Gasteiger partial charge < -0.3 is 15.1 Å². The van der Waals surface area contributed by atoms with Gasteiger partial charge in [-0.15, -0.1) is 0 Å². The Morgan fingerprint density at radius 3 is 2.29 bits per heavy atom. The molecule has 5 nitrogen and oxygen atoms in total. The Hall–Kier alpha value is -0.750. The predicted molar refractivity (Wildman–Crippen MR) is 55.7 cm³/mol. The summed E-state index contributed by atoms with van der Waals surface area (Å²) in [5.74, 6) is -0.997. The van der Waals surface area contributed by atoms with Crippen LogP contribution in [0.1, 0.15) is 13.8 Å². The minimum absolute atomic E-state index is 0.0133. The Kier molecular flexibility index (Phi) is 5.56. The predicted octanol–water partition coefficient (Wildman–Crippen LogP) is 0.171. The molecule has 0 saturated carbocycles. The van der Waals surface area contributed by atoms with Crippen molar-refractivity contribution in [2.45, 2.75) is 13.8 Å². The Morgan fingerprint density at radius 1 is 1.57 bits per heavy atom. The second kappa shape index (κ2) is 5.87. The van der Waals surface area contributed by atoms with Crippen LogP contribution in [0.4, 0.5) is 0 Å². The van der Waals surface area contributed by atoms with Gasteiger partial charge in [0, 0.05) is 18.2 Å². The van der Waals surface area contributed by atoms with Crippen LogP contribution < -0.4 is 5.32 Å². The summed E-state index contributed by atoms with van der Waals surface area (Å²) in [6.45, 7) is 3.61. The maximum atomic E-state index is 11.4. The van der Waals surface area contributed by atoms with Gasteiger partial charge in [-0.3, -0.25) is 4.79 Å². The van der Waals surface area contributed by atoms with Gasteiger partial charge >= 0.3 is 0 Å². The second-order valence-electron chi connectivity index (χ2n) is 3.23. The summed E-state index contributed by atoms with van der Waals surface area (Å²) >= 11 is -1.44. The van der Waals surface area contributed by atoms with Crippen LogP contribution in [0.3, 0.4) is 0 Å². The first-order valence-electron chi connectivity index (χ1n) is 4.22. The molecule has 1 amide bonds. The highest BCUT2D eigenvalue weighted by atomic mass is 32.2. The molecule has 0 spiro atoms. The standard InChI is InChI=1S/C8H16N2O3S/c1-5(2)6(7(11)9-3)8(10-12)14(4)13/h5-6,12H,1-4H3,(H,9,11)/b10-8-. The Morgan fingerprint density at radius 2 is 2.07 bits per heavy atom. The van der Waals surface area contributed by atoms with Gasteiger partial charge in [0.2, 0.25) is 5.91 Å². The number of rotatable bonds is 3. The highest BCUT2D eigenvalue weighted by Gasteiger charge is 2.34. The van der Waals surface area contributed by atoms with E-state index in [0.29, 0.717) is 0 Å². The zero-order chi connectivity index (χ0) is 11.3. The van der Waals surface area contributed by atoms with E-state index in [1.807, 2.05) is 0 Å². The zero-order valence-electron chi connectivity index (χ0n) is 8.77. The fourth-order valence-electron chi connectivity index (χ4n) is 1.15. The number of hydrogen-bond donors (Lipinski definition) is 2. The minimum Gasteiger partial charge on any atom is -0.611 e. The third-order valence-corrected chi connectivity index (χ3v) is 2.78. The molecule has 14 heavy (non-hydrogen) atoms. The summed E-state index contributed by atoms with van der Waals surface area (Å²) in [4.78, 5) is 11.4. The summed E-state index contributed by atoms with van der Waals surface area (Å²) in [6, 6.07) is 0. The average Bonchev–Trinajstić information content (AvgIpc) is 2.11. The van der Waals surface area contributed by atoms with E-state index >= 15 is 0 Å². The molecule has 0 saturated heterocycles. The number of amides is 1. The Bertz CT molecular complexity index is 229. The molecule has 0 radical (unpaired) electrons. The second-order valence-corrected chi connectivity index (χ2v) is 4.55. The smallest absolute Gasteiger partial charge is 0.267 e. The first-order valence-corrected chi connectivity index (χ1v) is 5.78. The molecule has 0 aliphatic carbocycles. The number of carbonyl (C=O) groups is 1. The quantitative estimate of drug-likeness (QED) is 0.234. The maximum Gasteiger partial charge on any atom is 0.267 e. The van der Waals surface area contributed by atoms with Crippen LogP contribution >= 0.6 is 0 Å². The van der Waals surface area contributed by atoms with Crippen LogP contribution in [0.25, 0.3) is 0 Å². The van der Waals surface area contributed by atoms with Gasteiger partial charge in [0.1, 0.15) is 12.2 Å². The molecule has 2 unspecified atom stereocenters. The fraction of sp³-hybridized carbons (Fsp3) is 0.750. The van der Waals surface area contributed by atoms with Gasteiger partial charge in [-0.05, 0) is 11.1 Å². The van der Waals surface area contributed by atoms with Crippen LogP contribution in [0.2, 0.25) is 0 Å². The molecule has 0 aliphatic heterocycles. The SMILES string of the molecule is CNC(=O)C(/C(=N/O)[S+](C)[O-])C(C)C. The summed E-state index contributed by atoms with van der Waals surface area (Å²) in [5.41, 5.74) is 0. The van der Waals surface area contributed by atoms with Crippen molar-refractivity contribution in [1.82, 2.24) is 5.32 Å². The lowest BCUT2D eigenvalue weighted by atomic mass is 9.96. The lowest BCUT2D eigenvalue weighted by Crippen LogP contribution is -2.39. The van der Waals surface area contributed by atoms with Crippen molar-refractivity contribution >= 4 is 22.1 Å². The van der Waals surface area contributed by atoms with Gasteiger partial charge in [-0.1, -0.05) is 13.8 Å². The van der Waals surface area contributed by atoms with E-state index in [1.54, 1.807) is 13.8 Å². The van der Waals surface area contributed by atoms with Crippen molar-refractivity contribution in [3.63, 3.8) is 0 Å². The number of hydrogen-bond acceptors (Lipinski definition) is 4. The van der Waals surface area contributed by atoms with E-state index in [2.05, 4.69) is 10.5 Å². The van der Waals surface area contributed by atoms with Crippen molar-refractivity contribution in [2.24, 2.45) is 17.0 Å². The van der Waals surface area contributed by atoms with Gasteiger partial charge in [0.25, 0.3) is 5.04 Å². The lowest BCUT2D eigenvalue weighted by Gasteiger charge is -2.19. The normalized spacial score (nSPS) is 16.6. The summed E-state index contributed by atoms with van der Waals surface area (Å²) in [7, 11) is 1.49. The Balaban J connectivity index is 4.90. The molecule has 2 N–H and O–H groups in total. The summed E-state index contributed by atoms with van der Waals surface area (Å²) in [5, 5.41) is 14.1. The van der Waals surface area contributed by atoms with Crippen LogP contribution in [-0.4, -0.2) is 34.0 Å². The van der Waals surface area contributed by atoms with Crippen molar-refractivity contribution in [3.8, 4) is 0 Å². The monoisotopic (exact) mass is 220 g/mol. The van der Waals surface area contributed by atoms with Crippen molar-refractivity contribution in [1.29, 1.82) is 0 Å². The number of nitrogens with zero attached hydrogens (tertiary/aromatic N) is 1.